The van der Waals surface area contributed by atoms with Gasteiger partial charge in [-0.15, -0.1) is 0 Å². The third-order valence-electron chi connectivity index (χ3n) is 2.08. The second kappa shape index (κ2) is 5.08. The number of hydrogen-bond donors (Lipinski definition) is 0. The molecule has 18 heavy (non-hydrogen) atoms. The van der Waals surface area contributed by atoms with E-state index in [2.05, 4.69) is 0 Å². The summed E-state index contributed by atoms with van der Waals surface area (Å²) in [5.41, 5.74) is 0.250. The van der Waals surface area contributed by atoms with Gasteiger partial charge >= 0.3 is 0 Å². The maximum atomic E-state index is 11.4. The van der Waals surface area contributed by atoms with Gasteiger partial charge in [0.15, 0.2) is 9.84 Å². The quantitative estimate of drug-likeness (QED) is 0.574. The predicted octanol–water partition coefficient (Wildman–Crippen LogP) is 0.644. The lowest BCUT2D eigenvalue weighted by atomic mass is 10.1. The monoisotopic (exact) mass is 274 g/mol. The zero-order chi connectivity index (χ0) is 13.9. The third kappa shape index (κ3) is 4.09. The average molecular weight is 274 g/mol. The molecule has 0 atom stereocenters. The Kier molecular flexibility index (Phi) is 3.96. The van der Waals surface area contributed by atoms with Crippen molar-refractivity contribution in [1.29, 1.82) is 0 Å². The van der Waals surface area contributed by atoms with E-state index in [1.165, 1.54) is 6.07 Å². The molecule has 0 aliphatic rings. The van der Waals surface area contributed by atoms with Gasteiger partial charge in [-0.25, -0.2) is 8.42 Å². The molecule has 0 unspecified atom stereocenters. The molecule has 8 nitrogen and oxygen atoms in total. The molecule has 0 bridgehead atoms. The molecule has 0 heterocycles. The highest BCUT2D eigenvalue weighted by molar-refractivity contribution is 7.90. The van der Waals surface area contributed by atoms with Crippen molar-refractivity contribution in [1.82, 2.24) is 0 Å². The Labute approximate surface area is 102 Å². The second-order valence-electron chi connectivity index (χ2n) is 3.74. The van der Waals surface area contributed by atoms with Crippen LogP contribution in [0.2, 0.25) is 0 Å². The van der Waals surface area contributed by atoms with Crippen LogP contribution in [0.3, 0.4) is 0 Å². The van der Waals surface area contributed by atoms with Crippen molar-refractivity contribution in [3.8, 4) is 0 Å². The van der Waals surface area contributed by atoms with Crippen LogP contribution in [0.1, 0.15) is 11.1 Å². The SMILES string of the molecule is CS(=O)(=O)c1cc(C[N+](=O)[O-])cc(C[N+](=O)[O-])c1. The van der Waals surface area contributed by atoms with Crippen LogP contribution in [0, 0.1) is 20.2 Å². The van der Waals surface area contributed by atoms with E-state index in [4.69, 9.17) is 0 Å². The Morgan fingerprint density at radius 2 is 1.39 bits per heavy atom. The fourth-order valence-electron chi connectivity index (χ4n) is 1.42. The fourth-order valence-corrected chi connectivity index (χ4v) is 2.15. The first-order valence-corrected chi connectivity index (χ1v) is 6.64. The molecule has 1 rings (SSSR count). The molecule has 0 saturated carbocycles. The van der Waals surface area contributed by atoms with E-state index in [0.29, 0.717) is 0 Å². The van der Waals surface area contributed by atoms with Crippen LogP contribution in [-0.2, 0) is 22.9 Å². The van der Waals surface area contributed by atoms with Crippen molar-refractivity contribution < 1.29 is 18.3 Å². The lowest BCUT2D eigenvalue weighted by molar-refractivity contribution is -0.498. The topological polar surface area (TPSA) is 120 Å². The first-order valence-electron chi connectivity index (χ1n) is 4.75. The van der Waals surface area contributed by atoms with Crippen LogP contribution >= 0.6 is 0 Å². The summed E-state index contributed by atoms with van der Waals surface area (Å²) in [6.45, 7) is -1.15. The van der Waals surface area contributed by atoms with Crippen molar-refractivity contribution >= 4 is 9.84 Å². The molecule has 0 amide bonds. The van der Waals surface area contributed by atoms with Crippen molar-refractivity contribution in [2.75, 3.05) is 6.26 Å². The largest absolute Gasteiger partial charge is 0.264 e. The summed E-state index contributed by atoms with van der Waals surface area (Å²) in [4.78, 5) is 19.4. The highest BCUT2D eigenvalue weighted by atomic mass is 32.2. The fraction of sp³-hybridized carbons (Fsp3) is 0.333. The molecule has 0 aliphatic heterocycles. The smallest absolute Gasteiger partial charge is 0.228 e. The van der Waals surface area contributed by atoms with Crippen LogP contribution in [0.15, 0.2) is 23.1 Å². The average Bonchev–Trinajstić information content (AvgIpc) is 2.13. The lowest BCUT2D eigenvalue weighted by Crippen LogP contribution is -2.06. The molecule has 0 radical (unpaired) electrons. The molecular formula is C9H10N2O6S. The van der Waals surface area contributed by atoms with Gasteiger partial charge in [0.05, 0.1) is 4.90 Å². The van der Waals surface area contributed by atoms with Crippen LogP contribution in [-0.4, -0.2) is 24.5 Å². The van der Waals surface area contributed by atoms with Gasteiger partial charge in [0.2, 0.25) is 13.1 Å². The second-order valence-corrected chi connectivity index (χ2v) is 5.75. The number of benzene rings is 1. The maximum absolute atomic E-state index is 11.4. The molecule has 1 aromatic carbocycles. The lowest BCUT2D eigenvalue weighted by Gasteiger charge is -2.04. The van der Waals surface area contributed by atoms with Gasteiger partial charge in [-0.05, 0) is 18.2 Å². The Balaban J connectivity index is 3.28. The van der Waals surface area contributed by atoms with Gasteiger partial charge in [0, 0.05) is 27.2 Å². The number of nitrogens with zero attached hydrogens (tertiary/aromatic N) is 2. The summed E-state index contributed by atoms with van der Waals surface area (Å²) in [6.07, 6.45) is 0.939. The molecule has 9 heteroatoms. The first-order chi connectivity index (χ1) is 8.18. The van der Waals surface area contributed by atoms with E-state index < -0.39 is 32.8 Å². The molecule has 0 saturated heterocycles. The standard InChI is InChI=1S/C9H10N2O6S/c1-18(16,17)9-3-7(5-10(12)13)2-8(4-9)6-11(14)15/h2-4H,5-6H2,1H3. The molecule has 0 spiro atoms. The van der Waals surface area contributed by atoms with Gasteiger partial charge in [0.25, 0.3) is 0 Å². The first kappa shape index (κ1) is 14.0. The van der Waals surface area contributed by atoms with E-state index in [0.717, 1.165) is 18.4 Å². The molecular weight excluding hydrogens is 264 g/mol. The third-order valence-corrected chi connectivity index (χ3v) is 3.17. The van der Waals surface area contributed by atoms with Crippen molar-refractivity contribution in [2.24, 2.45) is 0 Å². The Morgan fingerprint density at radius 1 is 1.00 bits per heavy atom. The summed E-state index contributed by atoms with van der Waals surface area (Å²) < 4.78 is 22.7. The van der Waals surface area contributed by atoms with E-state index in [-0.39, 0.29) is 16.0 Å². The van der Waals surface area contributed by atoms with Crippen molar-refractivity contribution in [3.05, 3.63) is 49.6 Å². The molecule has 0 fully saturated rings. The zero-order valence-corrected chi connectivity index (χ0v) is 10.2. The number of hydrogen-bond acceptors (Lipinski definition) is 6. The Bertz CT molecular complexity index is 561. The maximum Gasteiger partial charge on any atom is 0.228 e. The van der Waals surface area contributed by atoms with Gasteiger partial charge in [0.1, 0.15) is 0 Å². The molecule has 98 valence electrons. The summed E-state index contributed by atoms with van der Waals surface area (Å²) in [7, 11) is -3.56. The summed E-state index contributed by atoms with van der Waals surface area (Å²) in [6, 6.07) is 3.57. The summed E-state index contributed by atoms with van der Waals surface area (Å²) in [5.74, 6) is 0. The minimum atomic E-state index is -3.56. The van der Waals surface area contributed by atoms with Gasteiger partial charge in [-0.2, -0.15) is 0 Å². The number of sulfone groups is 1. The van der Waals surface area contributed by atoms with Gasteiger partial charge in [-0.1, -0.05) is 0 Å². The van der Waals surface area contributed by atoms with Crippen LogP contribution in [0.25, 0.3) is 0 Å². The highest BCUT2D eigenvalue weighted by Gasteiger charge is 2.14. The van der Waals surface area contributed by atoms with Crippen molar-refractivity contribution in [2.45, 2.75) is 18.0 Å². The minimum Gasteiger partial charge on any atom is -0.264 e. The highest BCUT2D eigenvalue weighted by Crippen LogP contribution is 2.16. The summed E-state index contributed by atoms with van der Waals surface area (Å²) in [5, 5.41) is 20.8. The van der Waals surface area contributed by atoms with E-state index >= 15 is 0 Å². The summed E-state index contributed by atoms with van der Waals surface area (Å²) >= 11 is 0. The Hall–Kier alpha value is -2.03. The zero-order valence-electron chi connectivity index (χ0n) is 9.40. The molecule has 0 aromatic heterocycles. The normalized spacial score (nSPS) is 11.2. The van der Waals surface area contributed by atoms with Crippen LogP contribution in [0.5, 0.6) is 0 Å². The predicted molar refractivity (Wildman–Crippen MR) is 60.9 cm³/mol. The van der Waals surface area contributed by atoms with E-state index in [9.17, 15) is 28.6 Å². The minimum absolute atomic E-state index is 0.125. The number of nitro groups is 2. The van der Waals surface area contributed by atoms with Crippen LogP contribution in [0.4, 0.5) is 0 Å². The van der Waals surface area contributed by atoms with E-state index in [1.54, 1.807) is 0 Å². The molecule has 0 N–H and O–H groups in total. The Morgan fingerprint density at radius 3 is 1.67 bits per heavy atom. The van der Waals surface area contributed by atoms with Gasteiger partial charge in [-0.3, -0.25) is 20.2 Å². The van der Waals surface area contributed by atoms with Crippen LogP contribution < -0.4 is 0 Å². The van der Waals surface area contributed by atoms with Crippen molar-refractivity contribution in [3.63, 3.8) is 0 Å². The molecule has 0 aliphatic carbocycles. The number of rotatable bonds is 5. The van der Waals surface area contributed by atoms with E-state index in [1.807, 2.05) is 0 Å². The van der Waals surface area contributed by atoms with Gasteiger partial charge < -0.3 is 0 Å². The molecule has 1 aromatic rings.